The van der Waals surface area contributed by atoms with Gasteiger partial charge in [-0.2, -0.15) is 0 Å². The van der Waals surface area contributed by atoms with Crippen LogP contribution in [0.5, 0.6) is 0 Å². The third kappa shape index (κ3) is 4.83. The van der Waals surface area contributed by atoms with Gasteiger partial charge in [0.1, 0.15) is 0 Å². The predicted octanol–water partition coefficient (Wildman–Crippen LogP) is 3.26. The number of likely N-dealkylation sites (tertiary alicyclic amines) is 1. The Morgan fingerprint density at radius 1 is 1.03 bits per heavy atom. The summed E-state index contributed by atoms with van der Waals surface area (Å²) in [4.78, 5) is 27.0. The number of para-hydroxylation sites is 1. The van der Waals surface area contributed by atoms with E-state index in [0.717, 1.165) is 73.4 Å². The summed E-state index contributed by atoms with van der Waals surface area (Å²) < 4.78 is 0. The van der Waals surface area contributed by atoms with E-state index in [1.54, 1.807) is 12.4 Å². The lowest BCUT2D eigenvalue weighted by molar-refractivity contribution is 0.0775. The molecule has 0 bridgehead atoms. The summed E-state index contributed by atoms with van der Waals surface area (Å²) in [6.45, 7) is 5.82. The second-order valence-corrected chi connectivity index (χ2v) is 7.79. The van der Waals surface area contributed by atoms with Crippen molar-refractivity contribution in [2.45, 2.75) is 12.5 Å². The number of fused-ring (bicyclic) bond motifs is 1. The number of nitrogens with zero attached hydrogens (tertiary/aromatic N) is 4. The first-order chi connectivity index (χ1) is 14.3. The van der Waals surface area contributed by atoms with Crippen LogP contribution in [0, 0.1) is 0 Å². The largest absolute Gasteiger partial charge is 0.337 e. The van der Waals surface area contributed by atoms with Crippen molar-refractivity contribution < 1.29 is 4.79 Å². The molecule has 1 atom stereocenters. The maximum atomic E-state index is 13.5. The first kappa shape index (κ1) is 23.4. The van der Waals surface area contributed by atoms with E-state index in [-0.39, 0.29) is 30.7 Å². The van der Waals surface area contributed by atoms with Crippen LogP contribution in [0.1, 0.15) is 16.8 Å². The molecule has 2 saturated heterocycles. The fourth-order valence-electron chi connectivity index (χ4n) is 4.46. The molecule has 1 amide bonds. The van der Waals surface area contributed by atoms with Crippen molar-refractivity contribution in [2.75, 3.05) is 39.3 Å². The molecule has 0 aliphatic carbocycles. The molecule has 2 fully saturated rings. The van der Waals surface area contributed by atoms with Gasteiger partial charge >= 0.3 is 0 Å². The number of amides is 1. The monoisotopic (exact) mass is 459 g/mol. The number of rotatable bonds is 3. The van der Waals surface area contributed by atoms with Crippen molar-refractivity contribution in [3.05, 3.63) is 60.4 Å². The first-order valence-corrected chi connectivity index (χ1v) is 10.3. The lowest BCUT2D eigenvalue weighted by Gasteiger charge is -2.32. The molecule has 4 heterocycles. The molecule has 2 aliphatic rings. The van der Waals surface area contributed by atoms with Gasteiger partial charge in [-0.05, 0) is 30.7 Å². The highest BCUT2D eigenvalue weighted by Gasteiger charge is 2.32. The Bertz CT molecular complexity index is 1030. The first-order valence-electron chi connectivity index (χ1n) is 10.3. The summed E-state index contributed by atoms with van der Waals surface area (Å²) in [5.74, 6) is 0.103. The average molecular weight is 460 g/mol. The van der Waals surface area contributed by atoms with Crippen LogP contribution in [-0.2, 0) is 0 Å². The molecule has 6 nitrogen and oxygen atoms in total. The molecular formula is C23H27Cl2N5O. The maximum Gasteiger partial charge on any atom is 0.254 e. The standard InChI is InChI=1S/C23H25N5O.2ClH/c29-23(28-11-7-18(16-28)27-12-9-24-10-13-27)20-14-22(17-4-3-8-25-15-17)26-21-6-2-1-5-19(20)21;;/h1-6,8,14-15,18,24H,7,9-13,16H2;2*1H. The highest BCUT2D eigenvalue weighted by molar-refractivity contribution is 6.07. The minimum Gasteiger partial charge on any atom is -0.337 e. The van der Waals surface area contributed by atoms with Crippen LogP contribution in [0.25, 0.3) is 22.2 Å². The number of nitrogens with one attached hydrogen (secondary N) is 1. The van der Waals surface area contributed by atoms with Crippen molar-refractivity contribution in [1.82, 2.24) is 25.1 Å². The molecule has 0 spiro atoms. The molecule has 164 valence electrons. The van der Waals surface area contributed by atoms with Crippen molar-refractivity contribution in [3.63, 3.8) is 0 Å². The minimum atomic E-state index is 0. The average Bonchev–Trinajstić information content (AvgIpc) is 3.29. The van der Waals surface area contributed by atoms with Gasteiger partial charge in [0.2, 0.25) is 0 Å². The van der Waals surface area contributed by atoms with E-state index < -0.39 is 0 Å². The summed E-state index contributed by atoms with van der Waals surface area (Å²) in [5, 5.41) is 4.32. The number of carbonyl (C=O) groups is 1. The summed E-state index contributed by atoms with van der Waals surface area (Å²) in [5.41, 5.74) is 3.29. The van der Waals surface area contributed by atoms with Crippen molar-refractivity contribution >= 4 is 41.6 Å². The van der Waals surface area contributed by atoms with Gasteiger partial charge in [-0.15, -0.1) is 24.8 Å². The third-order valence-electron chi connectivity index (χ3n) is 6.02. The summed E-state index contributed by atoms with van der Waals surface area (Å²) in [6.07, 6.45) is 4.59. The summed E-state index contributed by atoms with van der Waals surface area (Å²) >= 11 is 0. The Hall–Kier alpha value is -2.25. The van der Waals surface area contributed by atoms with Crippen molar-refractivity contribution in [1.29, 1.82) is 0 Å². The van der Waals surface area contributed by atoms with Crippen molar-refractivity contribution in [2.24, 2.45) is 0 Å². The molecule has 2 aliphatic heterocycles. The molecule has 31 heavy (non-hydrogen) atoms. The SMILES string of the molecule is Cl.Cl.O=C(c1cc(-c2cccnc2)nc2ccccc12)N1CCC(N2CCNCC2)C1. The zero-order valence-corrected chi connectivity index (χ0v) is 18.9. The zero-order chi connectivity index (χ0) is 19.6. The Morgan fingerprint density at radius 3 is 2.61 bits per heavy atom. The highest BCUT2D eigenvalue weighted by atomic mass is 35.5. The van der Waals surface area contributed by atoms with Gasteiger partial charge in [0.05, 0.1) is 16.8 Å². The molecule has 0 saturated carbocycles. The molecule has 2 aromatic heterocycles. The van der Waals surface area contributed by atoms with E-state index in [1.807, 2.05) is 47.4 Å². The number of benzene rings is 1. The van der Waals surface area contributed by atoms with E-state index >= 15 is 0 Å². The molecule has 1 unspecified atom stereocenters. The van der Waals surface area contributed by atoms with Crippen LogP contribution in [0.15, 0.2) is 54.9 Å². The van der Waals surface area contributed by atoms with Gasteiger partial charge in [0.25, 0.3) is 5.91 Å². The Morgan fingerprint density at radius 2 is 1.84 bits per heavy atom. The van der Waals surface area contributed by atoms with E-state index in [2.05, 4.69) is 15.2 Å². The van der Waals surface area contributed by atoms with Crippen molar-refractivity contribution in [3.8, 4) is 11.3 Å². The lowest BCUT2D eigenvalue weighted by Crippen LogP contribution is -2.49. The van der Waals surface area contributed by atoms with Crippen LogP contribution in [0.2, 0.25) is 0 Å². The second kappa shape index (κ2) is 10.4. The molecular weight excluding hydrogens is 433 g/mol. The number of pyridine rings is 2. The van der Waals surface area contributed by atoms with Gasteiger partial charge in [0, 0.05) is 68.7 Å². The van der Waals surface area contributed by atoms with Crippen LogP contribution in [0.4, 0.5) is 0 Å². The fourth-order valence-corrected chi connectivity index (χ4v) is 4.46. The van der Waals surface area contributed by atoms with Crippen LogP contribution < -0.4 is 5.32 Å². The van der Waals surface area contributed by atoms with Gasteiger partial charge in [-0.1, -0.05) is 18.2 Å². The zero-order valence-electron chi connectivity index (χ0n) is 17.2. The topological polar surface area (TPSA) is 61.4 Å². The third-order valence-corrected chi connectivity index (χ3v) is 6.02. The van der Waals surface area contributed by atoms with E-state index in [9.17, 15) is 4.79 Å². The number of aromatic nitrogens is 2. The molecule has 1 aromatic carbocycles. The summed E-state index contributed by atoms with van der Waals surface area (Å²) in [7, 11) is 0. The van der Waals surface area contributed by atoms with Crippen LogP contribution >= 0.6 is 24.8 Å². The molecule has 1 N–H and O–H groups in total. The Kier molecular flexibility index (Phi) is 7.84. The van der Waals surface area contributed by atoms with Gasteiger partial charge in [0.15, 0.2) is 0 Å². The number of halogens is 2. The van der Waals surface area contributed by atoms with Gasteiger partial charge in [-0.25, -0.2) is 4.98 Å². The fraction of sp³-hybridized carbons (Fsp3) is 0.348. The van der Waals surface area contributed by atoms with E-state index in [1.165, 1.54) is 0 Å². The molecule has 5 rings (SSSR count). The molecule has 8 heteroatoms. The number of hydrogen-bond donors (Lipinski definition) is 1. The number of piperazine rings is 1. The van der Waals surface area contributed by atoms with E-state index in [4.69, 9.17) is 4.98 Å². The highest BCUT2D eigenvalue weighted by Crippen LogP contribution is 2.27. The maximum absolute atomic E-state index is 13.5. The van der Waals surface area contributed by atoms with Crippen LogP contribution in [0.3, 0.4) is 0 Å². The second-order valence-electron chi connectivity index (χ2n) is 7.79. The smallest absolute Gasteiger partial charge is 0.254 e. The normalized spacial score (nSPS) is 19.0. The van der Waals surface area contributed by atoms with E-state index in [0.29, 0.717) is 6.04 Å². The predicted molar refractivity (Wildman–Crippen MR) is 128 cm³/mol. The Balaban J connectivity index is 0.00000136. The van der Waals surface area contributed by atoms with Gasteiger partial charge in [-0.3, -0.25) is 14.7 Å². The molecule has 3 aromatic rings. The molecule has 0 radical (unpaired) electrons. The number of carbonyl (C=O) groups excluding carboxylic acids is 1. The lowest BCUT2D eigenvalue weighted by atomic mass is 10.0. The summed E-state index contributed by atoms with van der Waals surface area (Å²) in [6, 6.07) is 14.2. The Labute approximate surface area is 194 Å². The van der Waals surface area contributed by atoms with Gasteiger partial charge < -0.3 is 10.2 Å². The quantitative estimate of drug-likeness (QED) is 0.650. The number of hydrogen-bond acceptors (Lipinski definition) is 5. The van der Waals surface area contributed by atoms with Crippen LogP contribution in [-0.4, -0.2) is 71.0 Å². The minimum absolute atomic E-state index is 0.